The molecule has 0 saturated carbocycles. The Kier molecular flexibility index (Phi) is 3.19. The maximum absolute atomic E-state index is 11.0. The lowest BCUT2D eigenvalue weighted by molar-refractivity contribution is -0.140. The number of thioether (sulfide) groups is 1. The molecule has 0 radical (unpaired) electrons. The number of fused-ring (bicyclic) bond motifs is 1. The fraction of sp³-hybridized carbons (Fsp3) is 0.286. The number of rotatable bonds is 3. The number of aromatic nitrogens is 1. The van der Waals surface area contributed by atoms with E-state index in [0.29, 0.717) is 6.42 Å². The average molecular weight is 259 g/mol. The minimum absolute atomic E-state index is 0.0639. The van der Waals surface area contributed by atoms with Crippen LogP contribution in [0.3, 0.4) is 0 Å². The number of hydrogen-bond donors (Lipinski definition) is 0. The Morgan fingerprint density at radius 2 is 2.28 bits per heavy atom. The van der Waals surface area contributed by atoms with E-state index in [-0.39, 0.29) is 12.1 Å². The first-order valence-electron chi connectivity index (χ1n) is 5.98. The van der Waals surface area contributed by atoms with Gasteiger partial charge in [0.1, 0.15) is 6.10 Å². The number of cyclic esters (lactones) is 1. The fourth-order valence-electron chi connectivity index (χ4n) is 2.02. The predicted octanol–water partition coefficient (Wildman–Crippen LogP) is 3.03. The number of nitrogens with zero attached hydrogens (tertiary/aromatic N) is 1. The molecule has 0 bridgehead atoms. The van der Waals surface area contributed by atoms with E-state index in [1.807, 2.05) is 24.4 Å². The molecule has 1 aliphatic rings. The zero-order valence-electron chi connectivity index (χ0n) is 9.83. The molecule has 0 spiro atoms. The number of hydrogen-bond acceptors (Lipinski definition) is 4. The molecule has 1 atom stereocenters. The monoisotopic (exact) mass is 259 g/mol. The van der Waals surface area contributed by atoms with Gasteiger partial charge in [-0.2, -0.15) is 0 Å². The van der Waals surface area contributed by atoms with E-state index in [2.05, 4.69) is 17.1 Å². The summed E-state index contributed by atoms with van der Waals surface area (Å²) in [6.07, 6.45) is 3.34. The molecule has 3 rings (SSSR count). The number of pyridine rings is 1. The molecule has 4 heteroatoms. The Morgan fingerprint density at radius 3 is 3.11 bits per heavy atom. The molecule has 0 N–H and O–H groups in total. The maximum atomic E-state index is 11.0. The van der Waals surface area contributed by atoms with Gasteiger partial charge in [-0.15, -0.1) is 11.8 Å². The van der Waals surface area contributed by atoms with Crippen molar-refractivity contribution in [2.75, 3.05) is 5.75 Å². The summed E-state index contributed by atoms with van der Waals surface area (Å²) in [7, 11) is 0. The number of para-hydroxylation sites is 1. The minimum atomic E-state index is -0.0720. The van der Waals surface area contributed by atoms with Crippen molar-refractivity contribution in [3.05, 3.63) is 36.5 Å². The summed E-state index contributed by atoms with van der Waals surface area (Å²) in [5, 5.41) is 1.14. The lowest BCUT2D eigenvalue weighted by atomic mass is 10.2. The van der Waals surface area contributed by atoms with Gasteiger partial charge in [0.15, 0.2) is 0 Å². The SMILES string of the molecule is O=C1CCC(CSc2cnc3ccccc3c2)O1. The third-order valence-electron chi connectivity index (χ3n) is 2.97. The molecule has 1 aliphatic heterocycles. The predicted molar refractivity (Wildman–Crippen MR) is 71.6 cm³/mol. The highest BCUT2D eigenvalue weighted by molar-refractivity contribution is 7.99. The van der Waals surface area contributed by atoms with Gasteiger partial charge in [-0.1, -0.05) is 18.2 Å². The van der Waals surface area contributed by atoms with Gasteiger partial charge >= 0.3 is 5.97 Å². The number of carbonyl (C=O) groups is 1. The minimum Gasteiger partial charge on any atom is -0.461 e. The normalized spacial score (nSPS) is 19.1. The summed E-state index contributed by atoms with van der Waals surface area (Å²) in [5.41, 5.74) is 1.01. The van der Waals surface area contributed by atoms with Crippen molar-refractivity contribution >= 4 is 28.6 Å². The van der Waals surface area contributed by atoms with Gasteiger partial charge in [0.05, 0.1) is 5.52 Å². The molecule has 1 unspecified atom stereocenters. The van der Waals surface area contributed by atoms with Crippen LogP contribution in [0.15, 0.2) is 41.4 Å². The Balaban J connectivity index is 1.69. The highest BCUT2D eigenvalue weighted by Gasteiger charge is 2.23. The summed E-state index contributed by atoms with van der Waals surface area (Å²) in [6, 6.07) is 10.2. The second-order valence-corrected chi connectivity index (χ2v) is 5.42. The second-order valence-electron chi connectivity index (χ2n) is 4.33. The van der Waals surface area contributed by atoms with Crippen LogP contribution in [0.25, 0.3) is 10.9 Å². The van der Waals surface area contributed by atoms with Crippen LogP contribution in [0.1, 0.15) is 12.8 Å². The van der Waals surface area contributed by atoms with E-state index in [0.717, 1.165) is 28.0 Å². The Bertz CT molecular complexity index is 585. The summed E-state index contributed by atoms with van der Waals surface area (Å²) in [6.45, 7) is 0. The molecule has 92 valence electrons. The van der Waals surface area contributed by atoms with Gasteiger partial charge in [-0.05, 0) is 18.6 Å². The Morgan fingerprint density at radius 1 is 1.39 bits per heavy atom. The second kappa shape index (κ2) is 4.98. The number of ether oxygens (including phenoxy) is 1. The molecule has 1 aromatic heterocycles. The van der Waals surface area contributed by atoms with Crippen LogP contribution in [0, 0.1) is 0 Å². The summed E-state index contributed by atoms with van der Waals surface area (Å²) in [5.74, 6) is 0.739. The van der Waals surface area contributed by atoms with Gasteiger partial charge < -0.3 is 4.74 Å². The first-order valence-corrected chi connectivity index (χ1v) is 6.97. The Hall–Kier alpha value is -1.55. The summed E-state index contributed by atoms with van der Waals surface area (Å²) in [4.78, 5) is 16.5. The van der Waals surface area contributed by atoms with Crippen LogP contribution in [0.4, 0.5) is 0 Å². The molecule has 2 heterocycles. The quantitative estimate of drug-likeness (QED) is 0.627. The number of carbonyl (C=O) groups excluding carboxylic acids is 1. The van der Waals surface area contributed by atoms with E-state index < -0.39 is 0 Å². The molecule has 1 saturated heterocycles. The van der Waals surface area contributed by atoms with Gasteiger partial charge in [-0.3, -0.25) is 9.78 Å². The number of esters is 1. The van der Waals surface area contributed by atoms with Crippen molar-refractivity contribution in [3.63, 3.8) is 0 Å². The molecular formula is C14H13NO2S. The van der Waals surface area contributed by atoms with Crippen LogP contribution in [-0.4, -0.2) is 22.8 Å². The van der Waals surface area contributed by atoms with E-state index in [4.69, 9.17) is 4.74 Å². The third-order valence-corrected chi connectivity index (χ3v) is 4.06. The largest absolute Gasteiger partial charge is 0.461 e. The standard InChI is InChI=1S/C14H13NO2S/c16-14-6-5-11(17-14)9-18-12-7-10-3-1-2-4-13(10)15-8-12/h1-4,7-8,11H,5-6,9H2. The van der Waals surface area contributed by atoms with Crippen molar-refractivity contribution in [3.8, 4) is 0 Å². The van der Waals surface area contributed by atoms with Crippen LogP contribution < -0.4 is 0 Å². The molecule has 0 amide bonds. The first-order chi connectivity index (χ1) is 8.81. The van der Waals surface area contributed by atoms with Crippen LogP contribution in [0.5, 0.6) is 0 Å². The van der Waals surface area contributed by atoms with Crippen LogP contribution in [-0.2, 0) is 9.53 Å². The summed E-state index contributed by atoms with van der Waals surface area (Å²) < 4.78 is 5.19. The van der Waals surface area contributed by atoms with E-state index in [9.17, 15) is 4.79 Å². The van der Waals surface area contributed by atoms with E-state index in [1.165, 1.54) is 0 Å². The molecule has 0 aliphatic carbocycles. The highest BCUT2D eigenvalue weighted by atomic mass is 32.2. The lowest BCUT2D eigenvalue weighted by Crippen LogP contribution is -2.09. The van der Waals surface area contributed by atoms with Crippen molar-refractivity contribution in [1.82, 2.24) is 4.98 Å². The first kappa shape index (κ1) is 11.5. The van der Waals surface area contributed by atoms with Crippen molar-refractivity contribution in [2.45, 2.75) is 23.8 Å². The van der Waals surface area contributed by atoms with Crippen molar-refractivity contribution in [1.29, 1.82) is 0 Å². The van der Waals surface area contributed by atoms with Crippen molar-refractivity contribution < 1.29 is 9.53 Å². The van der Waals surface area contributed by atoms with Gasteiger partial charge in [0.2, 0.25) is 0 Å². The molecule has 3 nitrogen and oxygen atoms in total. The van der Waals surface area contributed by atoms with E-state index in [1.54, 1.807) is 11.8 Å². The topological polar surface area (TPSA) is 39.2 Å². The molecule has 1 fully saturated rings. The number of benzene rings is 1. The third kappa shape index (κ3) is 2.48. The van der Waals surface area contributed by atoms with Crippen LogP contribution in [0.2, 0.25) is 0 Å². The van der Waals surface area contributed by atoms with Crippen molar-refractivity contribution in [2.24, 2.45) is 0 Å². The fourth-order valence-corrected chi connectivity index (χ4v) is 2.97. The maximum Gasteiger partial charge on any atom is 0.306 e. The Labute approximate surface area is 110 Å². The van der Waals surface area contributed by atoms with Crippen LogP contribution >= 0.6 is 11.8 Å². The van der Waals surface area contributed by atoms with Gasteiger partial charge in [0, 0.05) is 28.7 Å². The smallest absolute Gasteiger partial charge is 0.306 e. The molecular weight excluding hydrogens is 246 g/mol. The van der Waals surface area contributed by atoms with Gasteiger partial charge in [-0.25, -0.2) is 0 Å². The molecule has 1 aromatic carbocycles. The highest BCUT2D eigenvalue weighted by Crippen LogP contribution is 2.25. The lowest BCUT2D eigenvalue weighted by Gasteiger charge is -2.08. The molecule has 18 heavy (non-hydrogen) atoms. The zero-order valence-corrected chi connectivity index (χ0v) is 10.7. The zero-order chi connectivity index (χ0) is 12.4. The van der Waals surface area contributed by atoms with E-state index >= 15 is 0 Å². The summed E-state index contributed by atoms with van der Waals surface area (Å²) >= 11 is 1.69. The van der Waals surface area contributed by atoms with Gasteiger partial charge in [0.25, 0.3) is 0 Å². The molecule has 2 aromatic rings. The average Bonchev–Trinajstić information content (AvgIpc) is 2.82.